The van der Waals surface area contributed by atoms with Crippen molar-refractivity contribution in [1.29, 1.82) is 0 Å². The fourth-order valence-electron chi connectivity index (χ4n) is 9.96. The molecule has 0 aromatic heterocycles. The van der Waals surface area contributed by atoms with Crippen molar-refractivity contribution in [1.82, 2.24) is 15.5 Å². The van der Waals surface area contributed by atoms with Crippen LogP contribution >= 0.6 is 0 Å². The smallest absolute Gasteiger partial charge is 0.310 e. The molecule has 0 radical (unpaired) electrons. The fraction of sp³-hybridized carbons (Fsp3) is 0.456. The maximum atomic E-state index is 13.8. The summed E-state index contributed by atoms with van der Waals surface area (Å²) in [4.78, 5) is 95.1. The van der Waals surface area contributed by atoms with Gasteiger partial charge >= 0.3 is 11.9 Å². The number of rotatable bonds is 33. The highest BCUT2D eigenvalue weighted by Crippen LogP contribution is 2.23. The van der Waals surface area contributed by atoms with E-state index in [0.29, 0.717) is 77.7 Å². The molecule has 4 N–H and O–H groups in total. The Bertz CT molecular complexity index is 2690. The summed E-state index contributed by atoms with van der Waals surface area (Å²) in [6.45, 7) is 13.0. The van der Waals surface area contributed by atoms with E-state index in [0.717, 1.165) is 27.8 Å². The topological polar surface area (TPSA) is 200 Å². The van der Waals surface area contributed by atoms with Gasteiger partial charge in [-0.05, 0) is 97.9 Å². The summed E-state index contributed by atoms with van der Waals surface area (Å²) in [7, 11) is 0. The van der Waals surface area contributed by atoms with E-state index in [1.165, 1.54) is 0 Å². The van der Waals surface area contributed by atoms with Crippen LogP contribution < -0.4 is 16.4 Å². The van der Waals surface area contributed by atoms with E-state index in [2.05, 4.69) is 15.5 Å². The van der Waals surface area contributed by atoms with E-state index >= 15 is 0 Å². The average Bonchev–Trinajstić information content (AvgIpc) is 3.56. The lowest BCUT2D eigenvalue weighted by molar-refractivity contribution is -0.151. The molecule has 14 nitrogen and oxygen atoms in total. The van der Waals surface area contributed by atoms with Gasteiger partial charge in [-0.2, -0.15) is 0 Å². The molecule has 6 rings (SSSR count). The average molecular weight is 1120 g/mol. The number of nitrogens with two attached hydrogens (primary N) is 1. The van der Waals surface area contributed by atoms with Gasteiger partial charge in [0.2, 0.25) is 11.8 Å². The van der Waals surface area contributed by atoms with Crippen LogP contribution in [0.1, 0.15) is 107 Å². The van der Waals surface area contributed by atoms with Crippen molar-refractivity contribution in [3.63, 3.8) is 0 Å². The first kappa shape index (κ1) is 65.7. The van der Waals surface area contributed by atoms with Gasteiger partial charge in [0.15, 0.2) is 11.6 Å². The molecule has 82 heavy (non-hydrogen) atoms. The van der Waals surface area contributed by atoms with Gasteiger partial charge in [-0.25, -0.2) is 0 Å². The van der Waals surface area contributed by atoms with E-state index in [4.69, 9.17) is 19.9 Å². The minimum atomic E-state index is -0.756. The van der Waals surface area contributed by atoms with Gasteiger partial charge < -0.3 is 30.6 Å². The van der Waals surface area contributed by atoms with Crippen molar-refractivity contribution in [2.24, 2.45) is 35.3 Å². The SMILES string of the molecule is CC(C)C[C@H](NC(=O)[C@@H](N)CCc1ccccc1)C(=O)C[C@@H](Cc1ccccc1)C(=O)OCc1ccccc1.CCOC(=O)[C@@H](CC(=O)[C@H](CC(C)C)NC(=O)[C@H](CCc1ccccc1)CC(=O)CN1CCOCC1)Cc1ccccc1. The Hall–Kier alpha value is -7.13. The highest BCUT2D eigenvalue weighted by atomic mass is 16.5. The zero-order chi connectivity index (χ0) is 59.1. The van der Waals surface area contributed by atoms with Gasteiger partial charge in [-0.15, -0.1) is 0 Å². The van der Waals surface area contributed by atoms with Crippen LogP contribution in [0.15, 0.2) is 152 Å². The molecule has 1 heterocycles. The monoisotopic (exact) mass is 1120 g/mol. The Morgan fingerprint density at radius 2 is 0.915 bits per heavy atom. The number of amides is 2. The van der Waals surface area contributed by atoms with Crippen LogP contribution in [0.3, 0.4) is 0 Å². The molecule has 0 spiro atoms. The number of aryl methyl sites for hydroxylation is 2. The maximum absolute atomic E-state index is 13.8. The Morgan fingerprint density at radius 3 is 1.35 bits per heavy atom. The molecule has 0 saturated carbocycles. The van der Waals surface area contributed by atoms with Crippen molar-refractivity contribution in [3.8, 4) is 0 Å². The van der Waals surface area contributed by atoms with Crippen molar-refractivity contribution < 1.29 is 47.8 Å². The van der Waals surface area contributed by atoms with Gasteiger partial charge in [0, 0.05) is 38.3 Å². The Labute approximate surface area is 486 Å². The summed E-state index contributed by atoms with van der Waals surface area (Å²) in [6, 6.07) is 46.1. The predicted octanol–water partition coefficient (Wildman–Crippen LogP) is 9.48. The van der Waals surface area contributed by atoms with Gasteiger partial charge in [0.05, 0.1) is 56.3 Å². The van der Waals surface area contributed by atoms with E-state index in [9.17, 15) is 33.6 Å². The minimum Gasteiger partial charge on any atom is -0.466 e. The molecule has 2 amide bonds. The normalized spacial score (nSPS) is 14.6. The lowest BCUT2D eigenvalue weighted by atomic mass is 9.88. The van der Waals surface area contributed by atoms with Crippen LogP contribution in [0.25, 0.3) is 0 Å². The summed E-state index contributed by atoms with van der Waals surface area (Å²) in [6.07, 6.45) is 3.99. The highest BCUT2D eigenvalue weighted by Gasteiger charge is 2.33. The van der Waals surface area contributed by atoms with Gasteiger partial charge in [0.25, 0.3) is 0 Å². The quantitative estimate of drug-likeness (QED) is 0.0337. The molecular formula is C68H88N4O10. The zero-order valence-electron chi connectivity index (χ0n) is 48.9. The molecule has 14 heteroatoms. The van der Waals surface area contributed by atoms with Gasteiger partial charge in [-0.1, -0.05) is 179 Å². The first-order chi connectivity index (χ1) is 39.6. The van der Waals surface area contributed by atoms with Crippen LogP contribution in [0.4, 0.5) is 0 Å². The summed E-state index contributed by atoms with van der Waals surface area (Å²) in [5, 5.41) is 5.89. The van der Waals surface area contributed by atoms with Crippen LogP contribution in [0.2, 0.25) is 0 Å². The van der Waals surface area contributed by atoms with Crippen molar-refractivity contribution in [2.75, 3.05) is 39.5 Å². The van der Waals surface area contributed by atoms with Gasteiger partial charge in [0.1, 0.15) is 12.4 Å². The first-order valence-corrected chi connectivity index (χ1v) is 29.3. The lowest BCUT2D eigenvalue weighted by Crippen LogP contribution is -2.49. The molecule has 0 bridgehead atoms. The summed E-state index contributed by atoms with van der Waals surface area (Å²) < 4.78 is 16.3. The van der Waals surface area contributed by atoms with Crippen LogP contribution in [0.5, 0.6) is 0 Å². The number of nitrogens with one attached hydrogen (secondary N) is 2. The second-order valence-electron chi connectivity index (χ2n) is 22.3. The zero-order valence-corrected chi connectivity index (χ0v) is 48.9. The number of carbonyl (C=O) groups is 7. The van der Waals surface area contributed by atoms with Crippen LogP contribution in [-0.2, 0) is 80.1 Å². The molecule has 0 aliphatic carbocycles. The standard InChI is InChI=1S/C35H48N2O6.C33H40N2O4/c1-4-43-35(41)30(22-28-13-9-6-10-14-28)24-33(39)32(21-26(2)3)36-34(40)29(16-15-27-11-7-5-8-12-27)23-31(38)25-37-17-19-42-20-18-37;1-24(2)20-30(35-32(37)29(34)19-18-25-12-6-3-7-13-25)31(36)22-28(21-26-14-8-4-9-15-26)33(38)39-23-27-16-10-5-11-17-27/h5-14,26,29-30,32H,4,15-25H2,1-3H3,(H,36,40);3-17,24,28-30H,18-23,34H2,1-2H3,(H,35,37)/t29-,30-,32+;28-,29+,30+/m11/s1. The molecule has 5 aromatic carbocycles. The predicted molar refractivity (Wildman–Crippen MR) is 320 cm³/mol. The largest absolute Gasteiger partial charge is 0.466 e. The van der Waals surface area contributed by atoms with Crippen LogP contribution in [0, 0.1) is 29.6 Å². The molecule has 1 fully saturated rings. The maximum Gasteiger partial charge on any atom is 0.310 e. The molecule has 0 unspecified atom stereocenters. The Kier molecular flexibility index (Phi) is 29.1. The number of ether oxygens (including phenoxy) is 3. The molecule has 440 valence electrons. The third-order valence-corrected chi connectivity index (χ3v) is 14.4. The lowest BCUT2D eigenvalue weighted by Gasteiger charge is -2.27. The number of ketones is 3. The second kappa shape index (κ2) is 36.4. The summed E-state index contributed by atoms with van der Waals surface area (Å²) >= 11 is 0. The van der Waals surface area contributed by atoms with Crippen LogP contribution in [-0.4, -0.2) is 104 Å². The molecule has 6 atom stereocenters. The number of hydrogen-bond acceptors (Lipinski definition) is 12. The first-order valence-electron chi connectivity index (χ1n) is 29.3. The number of morpholine rings is 1. The van der Waals surface area contributed by atoms with Crippen molar-refractivity contribution in [3.05, 3.63) is 179 Å². The number of Topliss-reactive ketones (excluding diaryl/α,β-unsaturated/α-hetero) is 3. The number of carbonyl (C=O) groups excluding carboxylic acids is 7. The van der Waals surface area contributed by atoms with E-state index in [1.807, 2.05) is 179 Å². The number of esters is 2. The minimum absolute atomic E-state index is 0.00656. The summed E-state index contributed by atoms with van der Waals surface area (Å²) in [5.41, 5.74) is 11.2. The van der Waals surface area contributed by atoms with Gasteiger partial charge in [-0.3, -0.25) is 38.5 Å². The molecule has 1 saturated heterocycles. The van der Waals surface area contributed by atoms with Crippen molar-refractivity contribution >= 4 is 41.1 Å². The third kappa shape index (κ3) is 24.9. The summed E-state index contributed by atoms with van der Waals surface area (Å²) in [5.74, 6) is -3.44. The second-order valence-corrected chi connectivity index (χ2v) is 22.3. The number of nitrogens with zero attached hydrogens (tertiary/aromatic N) is 1. The fourth-order valence-corrected chi connectivity index (χ4v) is 9.96. The Morgan fingerprint density at radius 1 is 0.512 bits per heavy atom. The van der Waals surface area contributed by atoms with E-state index in [1.54, 1.807) is 6.92 Å². The molecule has 5 aromatic rings. The molecule has 1 aliphatic rings. The number of benzene rings is 5. The Balaban J connectivity index is 0.000000302. The molecule has 1 aliphatic heterocycles. The van der Waals surface area contributed by atoms with Crippen molar-refractivity contribution in [2.45, 2.75) is 130 Å². The number of hydrogen-bond donors (Lipinski definition) is 3. The third-order valence-electron chi connectivity index (χ3n) is 14.4. The highest BCUT2D eigenvalue weighted by molar-refractivity contribution is 5.94. The van der Waals surface area contributed by atoms with E-state index in [-0.39, 0.29) is 80.0 Å². The van der Waals surface area contributed by atoms with E-state index < -0.39 is 47.8 Å². The molecular weight excluding hydrogens is 1030 g/mol.